The summed E-state index contributed by atoms with van der Waals surface area (Å²) in [5.41, 5.74) is 0.0471. The number of rotatable bonds is 2. The molecular formula is C17H25N3O3. The molecule has 1 fully saturated rings. The van der Waals surface area contributed by atoms with Crippen LogP contribution in [0.3, 0.4) is 0 Å². The highest BCUT2D eigenvalue weighted by molar-refractivity contribution is 5.94. The summed E-state index contributed by atoms with van der Waals surface area (Å²) in [6.07, 6.45) is 4.54. The first-order valence-corrected chi connectivity index (χ1v) is 7.98. The van der Waals surface area contributed by atoms with E-state index in [9.17, 15) is 9.59 Å². The van der Waals surface area contributed by atoms with E-state index < -0.39 is 5.60 Å². The molecule has 6 heteroatoms. The highest BCUT2D eigenvalue weighted by Gasteiger charge is 2.34. The van der Waals surface area contributed by atoms with Crippen molar-refractivity contribution in [1.82, 2.24) is 15.2 Å². The van der Waals surface area contributed by atoms with Gasteiger partial charge in [0.05, 0.1) is 6.04 Å². The minimum Gasteiger partial charge on any atom is -0.444 e. The fraction of sp³-hybridized carbons (Fsp3) is 0.588. The number of pyridine rings is 1. The number of carbonyl (C=O) groups excluding carboxylic acids is 2. The van der Waals surface area contributed by atoms with Gasteiger partial charge >= 0.3 is 6.09 Å². The number of nitrogens with zero attached hydrogens (tertiary/aromatic N) is 2. The molecule has 126 valence electrons. The van der Waals surface area contributed by atoms with E-state index in [1.165, 1.54) is 0 Å². The number of hydrogen-bond donors (Lipinski definition) is 1. The second-order valence-electron chi connectivity index (χ2n) is 6.87. The molecule has 23 heavy (non-hydrogen) atoms. The van der Waals surface area contributed by atoms with Gasteiger partial charge in [0.25, 0.3) is 5.91 Å². The Kier molecular flexibility index (Phi) is 5.23. The first kappa shape index (κ1) is 17.2. The minimum absolute atomic E-state index is 0.0862. The monoisotopic (exact) mass is 319 g/mol. The van der Waals surface area contributed by atoms with Crippen LogP contribution in [0, 0.1) is 0 Å². The van der Waals surface area contributed by atoms with Gasteiger partial charge < -0.3 is 15.0 Å². The van der Waals surface area contributed by atoms with E-state index in [4.69, 9.17) is 4.74 Å². The molecule has 1 N–H and O–H groups in total. The zero-order valence-electron chi connectivity index (χ0n) is 14.2. The predicted molar refractivity (Wildman–Crippen MR) is 87.1 cm³/mol. The van der Waals surface area contributed by atoms with Crippen molar-refractivity contribution < 1.29 is 14.3 Å². The van der Waals surface area contributed by atoms with Crippen LogP contribution in [0.2, 0.25) is 0 Å². The van der Waals surface area contributed by atoms with E-state index in [1.807, 2.05) is 27.7 Å². The third-order valence-corrected chi connectivity index (χ3v) is 3.88. The van der Waals surface area contributed by atoms with Crippen LogP contribution in [-0.4, -0.2) is 46.1 Å². The van der Waals surface area contributed by atoms with Crippen LogP contribution in [0.5, 0.6) is 0 Å². The summed E-state index contributed by atoms with van der Waals surface area (Å²) in [7, 11) is 0. The molecule has 0 spiro atoms. The summed E-state index contributed by atoms with van der Waals surface area (Å²) in [5, 5.41) is 3.02. The first-order chi connectivity index (χ1) is 10.8. The Labute approximate surface area is 137 Å². The van der Waals surface area contributed by atoms with Gasteiger partial charge in [0.15, 0.2) is 0 Å². The molecule has 1 aliphatic rings. The van der Waals surface area contributed by atoms with Gasteiger partial charge in [0.2, 0.25) is 0 Å². The summed E-state index contributed by atoms with van der Waals surface area (Å²) in [6, 6.07) is 3.16. The number of ether oxygens (including phenoxy) is 1. The molecule has 0 bridgehead atoms. The zero-order valence-corrected chi connectivity index (χ0v) is 14.2. The Morgan fingerprint density at radius 3 is 2.57 bits per heavy atom. The molecule has 1 aromatic heterocycles. The molecule has 0 aromatic carbocycles. The van der Waals surface area contributed by atoms with Crippen molar-refractivity contribution in [1.29, 1.82) is 0 Å². The Morgan fingerprint density at radius 1 is 1.30 bits per heavy atom. The van der Waals surface area contributed by atoms with E-state index in [2.05, 4.69) is 10.3 Å². The fourth-order valence-corrected chi connectivity index (χ4v) is 2.67. The SMILES string of the molecule is C[C@H]1[C@H](NC(=O)c2ccncc2)CCCN1C(=O)OC(C)(C)C. The molecule has 6 nitrogen and oxygen atoms in total. The summed E-state index contributed by atoms with van der Waals surface area (Å²) < 4.78 is 5.45. The maximum Gasteiger partial charge on any atom is 0.410 e. The van der Waals surface area contributed by atoms with Gasteiger partial charge in [0, 0.05) is 30.5 Å². The average molecular weight is 319 g/mol. The largest absolute Gasteiger partial charge is 0.444 e. The smallest absolute Gasteiger partial charge is 0.410 e. The van der Waals surface area contributed by atoms with Crippen LogP contribution in [0.15, 0.2) is 24.5 Å². The Balaban J connectivity index is 2.01. The number of likely N-dealkylation sites (tertiary alicyclic amines) is 1. The van der Waals surface area contributed by atoms with Gasteiger partial charge in [-0.2, -0.15) is 0 Å². The van der Waals surface area contributed by atoms with E-state index >= 15 is 0 Å². The van der Waals surface area contributed by atoms with Gasteiger partial charge in [-0.3, -0.25) is 9.78 Å². The quantitative estimate of drug-likeness (QED) is 0.909. The van der Waals surface area contributed by atoms with Crippen LogP contribution in [-0.2, 0) is 4.74 Å². The van der Waals surface area contributed by atoms with Crippen molar-refractivity contribution in [2.24, 2.45) is 0 Å². The maximum absolute atomic E-state index is 12.3. The van der Waals surface area contributed by atoms with Crippen molar-refractivity contribution in [2.75, 3.05) is 6.54 Å². The molecule has 0 radical (unpaired) electrons. The zero-order chi connectivity index (χ0) is 17.0. The van der Waals surface area contributed by atoms with E-state index in [-0.39, 0.29) is 24.1 Å². The number of hydrogen-bond acceptors (Lipinski definition) is 4. The van der Waals surface area contributed by atoms with Crippen LogP contribution in [0.4, 0.5) is 4.79 Å². The molecule has 0 saturated carbocycles. The lowest BCUT2D eigenvalue weighted by Crippen LogP contribution is -2.56. The molecule has 2 atom stereocenters. The molecule has 2 amide bonds. The lowest BCUT2D eigenvalue weighted by molar-refractivity contribution is 0.00700. The number of amides is 2. The summed E-state index contributed by atoms with van der Waals surface area (Å²) in [5.74, 6) is -0.143. The third kappa shape index (κ3) is 4.68. The summed E-state index contributed by atoms with van der Waals surface area (Å²) >= 11 is 0. The van der Waals surface area contributed by atoms with Gasteiger partial charge in [-0.05, 0) is 52.7 Å². The number of nitrogens with one attached hydrogen (secondary N) is 1. The van der Waals surface area contributed by atoms with Gasteiger partial charge in [0.1, 0.15) is 5.60 Å². The molecular weight excluding hydrogens is 294 g/mol. The Hall–Kier alpha value is -2.11. The predicted octanol–water partition coefficient (Wildman–Crippen LogP) is 2.60. The van der Waals surface area contributed by atoms with Gasteiger partial charge in [-0.25, -0.2) is 4.79 Å². The topological polar surface area (TPSA) is 71.5 Å². The normalized spacial score (nSPS) is 21.7. The van der Waals surface area contributed by atoms with Crippen molar-refractivity contribution >= 4 is 12.0 Å². The first-order valence-electron chi connectivity index (χ1n) is 7.98. The molecule has 1 aliphatic heterocycles. The number of piperidine rings is 1. The van der Waals surface area contributed by atoms with Gasteiger partial charge in [-0.15, -0.1) is 0 Å². The second kappa shape index (κ2) is 6.98. The third-order valence-electron chi connectivity index (χ3n) is 3.88. The Bertz CT molecular complexity index is 554. The standard InChI is InChI=1S/C17H25N3O3/c1-12-14(19-15(21)13-7-9-18-10-8-13)6-5-11-20(12)16(22)23-17(2,3)4/h7-10,12,14H,5-6,11H2,1-4H3,(H,19,21)/t12-,14+/m0/s1. The molecule has 1 aromatic rings. The van der Waals surface area contributed by atoms with Crippen LogP contribution >= 0.6 is 0 Å². The van der Waals surface area contributed by atoms with Crippen molar-refractivity contribution in [2.45, 2.75) is 58.2 Å². The number of carbonyl (C=O) groups is 2. The van der Waals surface area contributed by atoms with E-state index in [0.29, 0.717) is 12.1 Å². The highest BCUT2D eigenvalue weighted by atomic mass is 16.6. The summed E-state index contributed by atoms with van der Waals surface area (Å²) in [4.78, 5) is 30.2. The van der Waals surface area contributed by atoms with Crippen molar-refractivity contribution in [3.8, 4) is 0 Å². The molecule has 2 rings (SSSR count). The van der Waals surface area contributed by atoms with Crippen LogP contribution < -0.4 is 5.32 Å². The minimum atomic E-state index is -0.524. The Morgan fingerprint density at radius 2 is 1.96 bits per heavy atom. The molecule has 0 aliphatic carbocycles. The lowest BCUT2D eigenvalue weighted by atomic mass is 9.97. The van der Waals surface area contributed by atoms with Crippen molar-refractivity contribution in [3.05, 3.63) is 30.1 Å². The van der Waals surface area contributed by atoms with Crippen LogP contribution in [0.25, 0.3) is 0 Å². The summed E-state index contributed by atoms with van der Waals surface area (Å²) in [6.45, 7) is 8.14. The van der Waals surface area contributed by atoms with E-state index in [0.717, 1.165) is 12.8 Å². The van der Waals surface area contributed by atoms with Crippen molar-refractivity contribution in [3.63, 3.8) is 0 Å². The molecule has 0 unspecified atom stereocenters. The van der Waals surface area contributed by atoms with E-state index in [1.54, 1.807) is 29.4 Å². The lowest BCUT2D eigenvalue weighted by Gasteiger charge is -2.40. The average Bonchev–Trinajstić information content (AvgIpc) is 2.48. The maximum atomic E-state index is 12.3. The number of aromatic nitrogens is 1. The molecule has 1 saturated heterocycles. The van der Waals surface area contributed by atoms with Crippen LogP contribution in [0.1, 0.15) is 50.9 Å². The molecule has 2 heterocycles. The van der Waals surface area contributed by atoms with Gasteiger partial charge in [-0.1, -0.05) is 0 Å². The highest BCUT2D eigenvalue weighted by Crippen LogP contribution is 2.21. The fourth-order valence-electron chi connectivity index (χ4n) is 2.67. The second-order valence-corrected chi connectivity index (χ2v) is 6.87.